The summed E-state index contributed by atoms with van der Waals surface area (Å²) in [6, 6.07) is 11.5. The molecule has 27 heavy (non-hydrogen) atoms. The number of carbonyl (C=O) groups excluding carboxylic acids is 3. The largest absolute Gasteiger partial charge is 0.463 e. The van der Waals surface area contributed by atoms with E-state index in [0.29, 0.717) is 11.3 Å². The van der Waals surface area contributed by atoms with Gasteiger partial charge in [-0.15, -0.1) is 0 Å². The fourth-order valence-corrected chi connectivity index (χ4v) is 3.06. The van der Waals surface area contributed by atoms with Crippen LogP contribution in [0.2, 0.25) is 0 Å². The second kappa shape index (κ2) is 6.01. The van der Waals surface area contributed by atoms with Crippen molar-refractivity contribution in [2.75, 3.05) is 7.11 Å². The summed E-state index contributed by atoms with van der Waals surface area (Å²) in [5.74, 6) is -0.472. The molecule has 138 valence electrons. The molecular weight excluding hydrogens is 352 g/mol. The van der Waals surface area contributed by atoms with Gasteiger partial charge < -0.3 is 18.9 Å². The Bertz CT molecular complexity index is 1030. The molecule has 1 saturated heterocycles. The van der Waals surface area contributed by atoms with Crippen LogP contribution < -0.4 is 5.32 Å². The molecule has 1 aliphatic rings. The van der Waals surface area contributed by atoms with Gasteiger partial charge in [0.1, 0.15) is 17.1 Å². The smallest absolute Gasteiger partial charge is 0.373 e. The summed E-state index contributed by atoms with van der Waals surface area (Å²) in [5.41, 5.74) is -0.698. The molecule has 1 aliphatic heterocycles. The lowest BCUT2D eigenvalue weighted by Crippen LogP contribution is -2.40. The Morgan fingerprint density at radius 3 is 2.70 bits per heavy atom. The van der Waals surface area contributed by atoms with Crippen molar-refractivity contribution in [2.45, 2.75) is 19.0 Å². The second-order valence-electron chi connectivity index (χ2n) is 6.35. The van der Waals surface area contributed by atoms with E-state index in [4.69, 9.17) is 8.83 Å². The third-order valence-electron chi connectivity index (χ3n) is 4.56. The molecule has 0 radical (unpaired) electrons. The van der Waals surface area contributed by atoms with Crippen molar-refractivity contribution in [1.29, 1.82) is 0 Å². The number of benzene rings is 1. The van der Waals surface area contributed by atoms with Crippen LogP contribution in [0.4, 0.5) is 4.79 Å². The molecule has 0 saturated carbocycles. The summed E-state index contributed by atoms with van der Waals surface area (Å²) in [7, 11) is 1.24. The van der Waals surface area contributed by atoms with Gasteiger partial charge in [-0.1, -0.05) is 18.2 Å². The zero-order valence-corrected chi connectivity index (χ0v) is 14.6. The lowest BCUT2D eigenvalue weighted by Gasteiger charge is -2.18. The molecule has 0 spiro atoms. The van der Waals surface area contributed by atoms with Crippen LogP contribution in [0.1, 0.15) is 29.0 Å². The lowest BCUT2D eigenvalue weighted by atomic mass is 9.99. The molecule has 4 rings (SSSR count). The van der Waals surface area contributed by atoms with Crippen molar-refractivity contribution in [3.05, 3.63) is 59.7 Å². The zero-order valence-electron chi connectivity index (χ0n) is 14.6. The van der Waals surface area contributed by atoms with Gasteiger partial charge in [-0.2, -0.15) is 0 Å². The molecule has 3 amide bonds. The molecule has 0 bridgehead atoms. The van der Waals surface area contributed by atoms with Gasteiger partial charge in [0, 0.05) is 5.39 Å². The van der Waals surface area contributed by atoms with Crippen molar-refractivity contribution in [3.8, 4) is 0 Å². The SMILES string of the molecule is COC(=O)c1ccc(CN2C(=O)NC(C)(c3cc4ccccc4o3)C2=O)o1. The van der Waals surface area contributed by atoms with Gasteiger partial charge in [-0.05, 0) is 31.2 Å². The molecule has 3 aromatic rings. The molecule has 0 aliphatic carbocycles. The number of ether oxygens (including phenoxy) is 1. The summed E-state index contributed by atoms with van der Waals surface area (Å²) < 4.78 is 15.7. The summed E-state index contributed by atoms with van der Waals surface area (Å²) in [4.78, 5) is 37.9. The first kappa shape index (κ1) is 16.9. The van der Waals surface area contributed by atoms with Gasteiger partial charge in [-0.25, -0.2) is 9.59 Å². The van der Waals surface area contributed by atoms with Crippen LogP contribution in [0.3, 0.4) is 0 Å². The Hall–Kier alpha value is -3.55. The number of methoxy groups -OCH3 is 1. The van der Waals surface area contributed by atoms with Crippen molar-refractivity contribution < 1.29 is 28.0 Å². The first-order chi connectivity index (χ1) is 12.9. The van der Waals surface area contributed by atoms with Crippen molar-refractivity contribution >= 4 is 28.9 Å². The quantitative estimate of drug-likeness (QED) is 0.561. The number of hydrogen-bond donors (Lipinski definition) is 1. The highest BCUT2D eigenvalue weighted by molar-refractivity contribution is 6.07. The van der Waals surface area contributed by atoms with Crippen LogP contribution in [0, 0.1) is 0 Å². The number of urea groups is 1. The highest BCUT2D eigenvalue weighted by atomic mass is 16.5. The molecule has 1 unspecified atom stereocenters. The Kier molecular flexibility index (Phi) is 3.76. The number of nitrogens with zero attached hydrogens (tertiary/aromatic N) is 1. The Labute approximate surface area is 153 Å². The summed E-state index contributed by atoms with van der Waals surface area (Å²) in [5, 5.41) is 3.51. The minimum absolute atomic E-state index is 0.000370. The number of nitrogens with one attached hydrogen (secondary N) is 1. The second-order valence-corrected chi connectivity index (χ2v) is 6.35. The van der Waals surface area contributed by atoms with Crippen LogP contribution in [0.25, 0.3) is 11.0 Å². The van der Waals surface area contributed by atoms with E-state index in [-0.39, 0.29) is 18.1 Å². The van der Waals surface area contributed by atoms with Gasteiger partial charge in [0.05, 0.1) is 13.7 Å². The predicted octanol–water partition coefficient (Wildman–Crippen LogP) is 2.78. The maximum atomic E-state index is 13.0. The number of furan rings is 2. The van der Waals surface area contributed by atoms with Crippen LogP contribution in [-0.4, -0.2) is 29.9 Å². The van der Waals surface area contributed by atoms with Crippen molar-refractivity contribution in [1.82, 2.24) is 10.2 Å². The molecular formula is C19H16N2O6. The lowest BCUT2D eigenvalue weighted by molar-refractivity contribution is -0.132. The fraction of sp³-hybridized carbons (Fsp3) is 0.211. The van der Waals surface area contributed by atoms with Gasteiger partial charge >= 0.3 is 12.0 Å². The first-order valence-electron chi connectivity index (χ1n) is 8.22. The normalized spacial score (nSPS) is 19.6. The number of fused-ring (bicyclic) bond motifs is 1. The van der Waals surface area contributed by atoms with E-state index in [9.17, 15) is 14.4 Å². The maximum Gasteiger partial charge on any atom is 0.373 e. The third kappa shape index (κ3) is 2.66. The van der Waals surface area contributed by atoms with E-state index >= 15 is 0 Å². The minimum Gasteiger partial charge on any atom is -0.463 e. The fourth-order valence-electron chi connectivity index (χ4n) is 3.06. The molecule has 8 heteroatoms. The van der Waals surface area contributed by atoms with E-state index in [2.05, 4.69) is 10.1 Å². The standard InChI is InChI=1S/C19H16N2O6/c1-19(15-9-11-5-3-4-6-13(11)27-15)17(23)21(18(24)20-19)10-12-7-8-14(26-12)16(22)25-2/h3-9H,10H2,1-2H3,(H,20,24). The topological polar surface area (TPSA) is 102 Å². The van der Waals surface area contributed by atoms with Gasteiger partial charge in [0.2, 0.25) is 5.76 Å². The van der Waals surface area contributed by atoms with Crippen LogP contribution in [-0.2, 0) is 21.6 Å². The van der Waals surface area contributed by atoms with Gasteiger partial charge in [-0.3, -0.25) is 9.69 Å². The van der Waals surface area contributed by atoms with E-state index in [1.807, 2.05) is 18.2 Å². The van der Waals surface area contributed by atoms with Crippen LogP contribution >= 0.6 is 0 Å². The van der Waals surface area contributed by atoms with E-state index in [1.165, 1.54) is 19.2 Å². The highest BCUT2D eigenvalue weighted by Gasteiger charge is 2.51. The first-order valence-corrected chi connectivity index (χ1v) is 8.22. The number of hydrogen-bond acceptors (Lipinski definition) is 6. The van der Waals surface area contributed by atoms with E-state index in [1.54, 1.807) is 19.1 Å². The highest BCUT2D eigenvalue weighted by Crippen LogP contribution is 2.33. The number of amides is 3. The van der Waals surface area contributed by atoms with E-state index in [0.717, 1.165) is 10.3 Å². The average molecular weight is 368 g/mol. The van der Waals surface area contributed by atoms with Gasteiger partial charge in [0.25, 0.3) is 5.91 Å². The summed E-state index contributed by atoms with van der Waals surface area (Å²) in [6.07, 6.45) is 0. The number of esters is 1. The number of rotatable bonds is 4. The number of para-hydroxylation sites is 1. The molecule has 1 N–H and O–H groups in total. The monoisotopic (exact) mass is 368 g/mol. The Morgan fingerprint density at radius 1 is 1.19 bits per heavy atom. The number of carbonyl (C=O) groups is 3. The third-order valence-corrected chi connectivity index (χ3v) is 4.56. The molecule has 3 heterocycles. The molecule has 8 nitrogen and oxygen atoms in total. The Morgan fingerprint density at radius 2 is 1.96 bits per heavy atom. The minimum atomic E-state index is -1.33. The molecule has 2 aromatic heterocycles. The summed E-state index contributed by atoms with van der Waals surface area (Å²) >= 11 is 0. The van der Waals surface area contributed by atoms with Gasteiger partial charge in [0.15, 0.2) is 5.54 Å². The van der Waals surface area contributed by atoms with Crippen molar-refractivity contribution in [2.24, 2.45) is 0 Å². The van der Waals surface area contributed by atoms with Crippen LogP contribution in [0.5, 0.6) is 0 Å². The van der Waals surface area contributed by atoms with E-state index < -0.39 is 23.4 Å². The summed E-state index contributed by atoms with van der Waals surface area (Å²) in [6.45, 7) is 1.48. The Balaban J connectivity index is 1.61. The van der Waals surface area contributed by atoms with Crippen LogP contribution in [0.15, 0.2) is 51.3 Å². The zero-order chi connectivity index (χ0) is 19.2. The number of imide groups is 1. The maximum absolute atomic E-state index is 13.0. The molecule has 1 fully saturated rings. The molecule has 1 atom stereocenters. The average Bonchev–Trinajstić information content (AvgIpc) is 3.35. The predicted molar refractivity (Wildman–Crippen MR) is 92.7 cm³/mol. The molecule has 1 aromatic carbocycles. The van der Waals surface area contributed by atoms with Crippen molar-refractivity contribution in [3.63, 3.8) is 0 Å².